The second-order valence-corrected chi connectivity index (χ2v) is 15.6. The molecule has 0 spiro atoms. The highest BCUT2D eigenvalue weighted by Crippen LogP contribution is 2.43. The van der Waals surface area contributed by atoms with Crippen molar-refractivity contribution >= 4 is 19.8 Å². The van der Waals surface area contributed by atoms with Crippen LogP contribution in [-0.2, 0) is 32.7 Å². The van der Waals surface area contributed by atoms with Crippen LogP contribution in [0.1, 0.15) is 136 Å². The lowest BCUT2D eigenvalue weighted by atomic mass is 10.1. The van der Waals surface area contributed by atoms with Crippen LogP contribution < -0.4 is 0 Å². The first kappa shape index (κ1) is 56.6. The highest BCUT2D eigenvalue weighted by atomic mass is 31.2. The number of hydrogen-bond acceptors (Lipinski definition) is 10. The second-order valence-electron chi connectivity index (χ2n) is 14.2. The molecular formula is C48H77O11P. The van der Waals surface area contributed by atoms with Gasteiger partial charge in [-0.2, -0.15) is 0 Å². The summed E-state index contributed by atoms with van der Waals surface area (Å²) in [5, 5.41) is 28.4. The average molecular weight is 861 g/mol. The third kappa shape index (κ3) is 41.3. The molecule has 0 radical (unpaired) electrons. The minimum atomic E-state index is -4.67. The molecule has 1 unspecified atom stereocenters. The third-order valence-electron chi connectivity index (χ3n) is 8.49. The molecule has 0 aliphatic heterocycles. The summed E-state index contributed by atoms with van der Waals surface area (Å²) in [5.41, 5.74) is 0. The Hall–Kier alpha value is -3.41. The van der Waals surface area contributed by atoms with Crippen molar-refractivity contribution in [1.29, 1.82) is 0 Å². The number of allylic oxidation sites excluding steroid dienone is 16. The monoisotopic (exact) mass is 861 g/mol. The number of aliphatic hydroxyl groups is 3. The van der Waals surface area contributed by atoms with Gasteiger partial charge in [0.15, 0.2) is 6.10 Å². The maximum absolute atomic E-state index is 12.6. The van der Waals surface area contributed by atoms with E-state index in [1.54, 1.807) is 6.08 Å². The third-order valence-corrected chi connectivity index (χ3v) is 9.44. The normalized spacial score (nSPS) is 15.4. The molecule has 4 atom stereocenters. The number of aliphatic hydroxyl groups excluding tert-OH is 3. The van der Waals surface area contributed by atoms with Crippen molar-refractivity contribution in [2.24, 2.45) is 0 Å². The number of phosphoric ester groups is 1. The topological polar surface area (TPSA) is 169 Å². The molecule has 0 aliphatic rings. The van der Waals surface area contributed by atoms with Gasteiger partial charge in [0.2, 0.25) is 0 Å². The van der Waals surface area contributed by atoms with Crippen LogP contribution in [-0.4, -0.2) is 76.9 Å². The smallest absolute Gasteiger partial charge is 0.462 e. The van der Waals surface area contributed by atoms with Crippen LogP contribution in [0.2, 0.25) is 0 Å². The lowest BCUT2D eigenvalue weighted by Gasteiger charge is -2.20. The quantitative estimate of drug-likeness (QED) is 0.0153. The fraction of sp³-hybridized carbons (Fsp3) is 0.583. The molecule has 0 aromatic heterocycles. The molecule has 0 aliphatic carbocycles. The van der Waals surface area contributed by atoms with Crippen LogP contribution in [0.15, 0.2) is 109 Å². The van der Waals surface area contributed by atoms with E-state index in [2.05, 4.69) is 85.2 Å². The van der Waals surface area contributed by atoms with Gasteiger partial charge >= 0.3 is 19.8 Å². The van der Waals surface area contributed by atoms with Crippen LogP contribution in [0.25, 0.3) is 0 Å². The predicted molar refractivity (Wildman–Crippen MR) is 243 cm³/mol. The summed E-state index contributed by atoms with van der Waals surface area (Å²) < 4.78 is 32.6. The first-order valence-electron chi connectivity index (χ1n) is 22.0. The molecule has 60 heavy (non-hydrogen) atoms. The van der Waals surface area contributed by atoms with Gasteiger partial charge in [-0.1, -0.05) is 142 Å². The van der Waals surface area contributed by atoms with E-state index in [0.717, 1.165) is 57.8 Å². The van der Waals surface area contributed by atoms with Crippen molar-refractivity contribution in [3.63, 3.8) is 0 Å². The number of ether oxygens (including phenoxy) is 2. The first-order valence-corrected chi connectivity index (χ1v) is 23.4. The fourth-order valence-corrected chi connectivity index (χ4v) is 5.88. The van der Waals surface area contributed by atoms with Gasteiger partial charge in [0.1, 0.15) is 12.7 Å². The molecule has 0 fully saturated rings. The summed E-state index contributed by atoms with van der Waals surface area (Å²) in [4.78, 5) is 35.0. The zero-order valence-electron chi connectivity index (χ0n) is 36.5. The van der Waals surface area contributed by atoms with E-state index in [9.17, 15) is 29.3 Å². The van der Waals surface area contributed by atoms with Crippen LogP contribution in [0, 0.1) is 0 Å². The Morgan fingerprint density at radius 2 is 1.12 bits per heavy atom. The molecule has 0 amide bonds. The van der Waals surface area contributed by atoms with Gasteiger partial charge in [-0.15, -0.1) is 0 Å². The Morgan fingerprint density at radius 1 is 0.583 bits per heavy atom. The van der Waals surface area contributed by atoms with Crippen molar-refractivity contribution < 1.29 is 52.9 Å². The SMILES string of the molecule is CC/C=C\C/C=C\C/C=C\C/C=C\C/C=C\CCCCCC(=O)OC[C@H](COP(=O)(O)OC[C@@H](O)CO)OC(=O)CCC/C=C\C/C=C\C=C\[C@@H](O)C/C=C\CCCCC. The van der Waals surface area contributed by atoms with Gasteiger partial charge in [-0.05, 0) is 89.9 Å². The minimum absolute atomic E-state index is 0.0617. The summed E-state index contributed by atoms with van der Waals surface area (Å²) in [5.74, 6) is -1.08. The first-order chi connectivity index (χ1) is 29.1. The number of carbonyl (C=O) groups is 2. The second kappa shape index (κ2) is 42.3. The van der Waals surface area contributed by atoms with Gasteiger partial charge in [-0.3, -0.25) is 18.6 Å². The van der Waals surface area contributed by atoms with E-state index in [1.165, 1.54) is 19.3 Å². The zero-order chi connectivity index (χ0) is 44.2. The van der Waals surface area contributed by atoms with Crippen molar-refractivity contribution in [2.75, 3.05) is 26.4 Å². The molecule has 12 heteroatoms. The van der Waals surface area contributed by atoms with Crippen molar-refractivity contribution in [3.05, 3.63) is 109 Å². The Balaban J connectivity index is 4.53. The number of esters is 2. The number of rotatable bonds is 39. The predicted octanol–water partition coefficient (Wildman–Crippen LogP) is 10.7. The van der Waals surface area contributed by atoms with Crippen LogP contribution >= 0.6 is 7.82 Å². The maximum Gasteiger partial charge on any atom is 0.472 e. The van der Waals surface area contributed by atoms with Gasteiger partial charge in [-0.25, -0.2) is 4.57 Å². The molecule has 0 saturated heterocycles. The summed E-state index contributed by atoms with van der Waals surface area (Å²) >= 11 is 0. The Bertz CT molecular complexity index is 1380. The summed E-state index contributed by atoms with van der Waals surface area (Å²) in [7, 11) is -4.67. The molecule has 340 valence electrons. The molecular weight excluding hydrogens is 783 g/mol. The van der Waals surface area contributed by atoms with Crippen LogP contribution in [0.3, 0.4) is 0 Å². The van der Waals surface area contributed by atoms with E-state index < -0.39 is 57.9 Å². The largest absolute Gasteiger partial charge is 0.472 e. The molecule has 0 aromatic carbocycles. The number of phosphoric acid groups is 1. The lowest BCUT2D eigenvalue weighted by Crippen LogP contribution is -2.29. The number of unbranched alkanes of at least 4 members (excludes halogenated alkanes) is 7. The van der Waals surface area contributed by atoms with E-state index >= 15 is 0 Å². The van der Waals surface area contributed by atoms with Gasteiger partial charge < -0.3 is 29.7 Å². The zero-order valence-corrected chi connectivity index (χ0v) is 37.4. The number of hydrogen-bond donors (Lipinski definition) is 4. The fourth-order valence-electron chi connectivity index (χ4n) is 5.09. The molecule has 11 nitrogen and oxygen atoms in total. The highest BCUT2D eigenvalue weighted by Gasteiger charge is 2.27. The van der Waals surface area contributed by atoms with Crippen LogP contribution in [0.4, 0.5) is 0 Å². The summed E-state index contributed by atoms with van der Waals surface area (Å²) in [6, 6.07) is 0. The van der Waals surface area contributed by atoms with Gasteiger partial charge in [0.25, 0.3) is 0 Å². The minimum Gasteiger partial charge on any atom is -0.462 e. The Kier molecular flexibility index (Phi) is 39.9. The van der Waals surface area contributed by atoms with Crippen molar-refractivity contribution in [2.45, 2.75) is 154 Å². The molecule has 0 rings (SSSR count). The van der Waals surface area contributed by atoms with Gasteiger partial charge in [0.05, 0.1) is 25.9 Å². The van der Waals surface area contributed by atoms with E-state index in [1.807, 2.05) is 36.5 Å². The van der Waals surface area contributed by atoms with Gasteiger partial charge in [0, 0.05) is 12.8 Å². The van der Waals surface area contributed by atoms with E-state index in [-0.39, 0.29) is 19.4 Å². The average Bonchev–Trinajstić information content (AvgIpc) is 3.23. The molecule has 0 heterocycles. The summed E-state index contributed by atoms with van der Waals surface area (Å²) in [6.07, 6.45) is 49.4. The molecule has 0 aromatic rings. The maximum atomic E-state index is 12.6. The summed E-state index contributed by atoms with van der Waals surface area (Å²) in [6.45, 7) is 2.01. The molecule has 4 N–H and O–H groups in total. The van der Waals surface area contributed by atoms with E-state index in [4.69, 9.17) is 19.1 Å². The molecule has 0 bridgehead atoms. The Morgan fingerprint density at radius 3 is 1.73 bits per heavy atom. The lowest BCUT2D eigenvalue weighted by molar-refractivity contribution is -0.161. The highest BCUT2D eigenvalue weighted by molar-refractivity contribution is 7.47. The van der Waals surface area contributed by atoms with Crippen molar-refractivity contribution in [1.82, 2.24) is 0 Å². The standard InChI is InChI=1S/C48H77O11P/c1-3-5-7-9-11-12-13-14-15-16-17-18-19-20-21-22-26-30-34-38-47(52)56-42-46(43-58-60(54,55)57-41-45(51)40-49)59-48(53)39-35-31-27-24-23-25-29-33-37-44(50)36-32-28-10-8-6-4-2/h5,7,11-12,14-15,17-18,20-21,24-25,27-29,32-33,37,44-46,49-51H,3-4,6,8-10,13,16,19,22-23,26,30-31,34-36,38-43H2,1-2H3,(H,54,55)/b7-5-,12-11-,15-14-,18-17-,21-20-,27-24-,29-25-,32-28-,37-33+/t44-,45-,46+/m0/s1. The number of carbonyl (C=O) groups excluding carboxylic acids is 2. The van der Waals surface area contributed by atoms with E-state index in [0.29, 0.717) is 32.1 Å². The Labute approximate surface area is 361 Å². The molecule has 0 saturated carbocycles. The van der Waals surface area contributed by atoms with Crippen molar-refractivity contribution in [3.8, 4) is 0 Å². The van der Waals surface area contributed by atoms with Crippen LogP contribution in [0.5, 0.6) is 0 Å².